The summed E-state index contributed by atoms with van der Waals surface area (Å²) in [6.07, 6.45) is 4.18. The smallest absolute Gasteiger partial charge is 0.486 e. The van der Waals surface area contributed by atoms with Crippen molar-refractivity contribution in [2.24, 2.45) is 0 Å². The van der Waals surface area contributed by atoms with E-state index in [9.17, 15) is 4.79 Å². The molecule has 2 atom stereocenters. The second-order valence-electron chi connectivity index (χ2n) is 12.0. The Balaban J connectivity index is 1.64. The molecule has 0 amide bonds. The first kappa shape index (κ1) is 27.6. The third-order valence-electron chi connectivity index (χ3n) is 10.0. The normalized spacial score (nSPS) is 23.1. The maximum Gasteiger partial charge on any atom is 0.486 e. The summed E-state index contributed by atoms with van der Waals surface area (Å²) in [5.41, 5.74) is 12.1. The molecule has 6 rings (SSSR count). The molecule has 1 aromatic heterocycles. The number of carbonyl (C=O) groups excluding carboxylic acids is 1. The first-order chi connectivity index (χ1) is 19.6. The zero-order chi connectivity index (χ0) is 29.3. The molecule has 3 aliphatic rings. The standard InChI is InChI=1S/C35H42N2O3Si/c1-9-28-22(3)32-24(5)33-23(4)30(10-2)35(7)19-14-20-41(37(33)35,36(32)25(28)6)40-31-21-27(39-8)17-18-29(31)34(38)26-15-12-11-13-16-26/h11-13,15-18,21H,9-10,14,19-20H2,1-8H3/t35-,41-/m0/s1. The summed E-state index contributed by atoms with van der Waals surface area (Å²) in [7, 11) is -1.31. The minimum atomic E-state index is -2.98. The van der Waals surface area contributed by atoms with Gasteiger partial charge in [0.1, 0.15) is 11.5 Å². The Labute approximate surface area is 245 Å². The maximum atomic E-state index is 13.9. The van der Waals surface area contributed by atoms with E-state index in [2.05, 4.69) is 57.3 Å². The first-order valence-corrected chi connectivity index (χ1v) is 17.1. The van der Waals surface area contributed by atoms with Crippen molar-refractivity contribution in [3.63, 3.8) is 0 Å². The molecule has 0 saturated carbocycles. The van der Waals surface area contributed by atoms with E-state index in [4.69, 9.17) is 9.16 Å². The van der Waals surface area contributed by atoms with E-state index in [0.717, 1.165) is 31.7 Å². The quantitative estimate of drug-likeness (QED) is 0.214. The van der Waals surface area contributed by atoms with Gasteiger partial charge in [-0.1, -0.05) is 44.2 Å². The van der Waals surface area contributed by atoms with Crippen LogP contribution in [-0.2, 0) is 6.42 Å². The Morgan fingerprint density at radius 1 is 1.00 bits per heavy atom. The number of methoxy groups -OCH3 is 1. The Morgan fingerprint density at radius 2 is 1.73 bits per heavy atom. The predicted octanol–water partition coefficient (Wildman–Crippen LogP) is 8.11. The van der Waals surface area contributed by atoms with Gasteiger partial charge < -0.3 is 18.0 Å². The number of fused-ring (bicyclic) bond motifs is 2. The summed E-state index contributed by atoms with van der Waals surface area (Å²) in [6, 6.07) is 16.1. The topological polar surface area (TPSA) is 43.7 Å². The van der Waals surface area contributed by atoms with Gasteiger partial charge in [-0.05, 0) is 100 Å². The van der Waals surface area contributed by atoms with Crippen molar-refractivity contribution in [1.29, 1.82) is 0 Å². The van der Waals surface area contributed by atoms with Crippen LogP contribution in [0.4, 0.5) is 0 Å². The van der Waals surface area contributed by atoms with E-state index in [1.165, 1.54) is 44.9 Å². The van der Waals surface area contributed by atoms with E-state index in [-0.39, 0.29) is 11.3 Å². The summed E-state index contributed by atoms with van der Waals surface area (Å²) >= 11 is 0. The number of aromatic nitrogens is 1. The first-order valence-electron chi connectivity index (χ1n) is 15.0. The average molecular weight is 567 g/mol. The van der Waals surface area contributed by atoms with Crippen molar-refractivity contribution in [1.82, 2.24) is 8.80 Å². The number of hydrogen-bond acceptors (Lipinski definition) is 4. The van der Waals surface area contributed by atoms with Crippen molar-refractivity contribution >= 4 is 20.0 Å². The summed E-state index contributed by atoms with van der Waals surface area (Å²) in [6.45, 7) is 16.2. The molecule has 0 N–H and O–H groups in total. The third-order valence-corrected chi connectivity index (χ3v) is 14.2. The zero-order valence-corrected chi connectivity index (χ0v) is 26.8. The van der Waals surface area contributed by atoms with Gasteiger partial charge in [0.25, 0.3) is 0 Å². The Hall–Kier alpha value is -3.51. The second kappa shape index (κ2) is 9.80. The molecule has 0 radical (unpaired) electrons. The Morgan fingerprint density at radius 3 is 2.39 bits per heavy atom. The highest BCUT2D eigenvalue weighted by Crippen LogP contribution is 2.58. The molecule has 2 aromatic carbocycles. The fourth-order valence-corrected chi connectivity index (χ4v) is 13.5. The third kappa shape index (κ3) is 3.69. The molecule has 6 heteroatoms. The van der Waals surface area contributed by atoms with Crippen molar-refractivity contribution in [2.45, 2.75) is 85.7 Å². The zero-order valence-electron chi connectivity index (χ0n) is 25.8. The van der Waals surface area contributed by atoms with Crippen LogP contribution in [-0.4, -0.2) is 35.9 Å². The molecular formula is C35H42N2O3Si. The summed E-state index contributed by atoms with van der Waals surface area (Å²) in [4.78, 5) is 13.9. The lowest BCUT2D eigenvalue weighted by Crippen LogP contribution is -2.72. The van der Waals surface area contributed by atoms with Crippen LogP contribution >= 0.6 is 0 Å². The van der Waals surface area contributed by atoms with Crippen molar-refractivity contribution in [3.05, 3.63) is 99.0 Å². The molecule has 1 saturated heterocycles. The van der Waals surface area contributed by atoms with Crippen LogP contribution in [0, 0.1) is 13.8 Å². The van der Waals surface area contributed by atoms with Gasteiger partial charge >= 0.3 is 8.64 Å². The fraction of sp³-hybridized carbons (Fsp3) is 0.400. The van der Waals surface area contributed by atoms with E-state index >= 15 is 0 Å². The lowest BCUT2D eigenvalue weighted by molar-refractivity contribution is 0.103. The SMILES string of the molecule is CCC1=C(C)C2=C(C)c3c(C)c(CC)c(C)n3[Si@@]3(Oc4cc(OC)ccc4C(=O)c4ccccc4)CCC[C@]1(C)N23. The Kier molecular flexibility index (Phi) is 6.61. The van der Waals surface area contributed by atoms with Gasteiger partial charge in [0.05, 0.1) is 18.2 Å². The highest BCUT2D eigenvalue weighted by Gasteiger charge is 2.65. The van der Waals surface area contributed by atoms with Crippen LogP contribution in [0.1, 0.15) is 92.3 Å². The van der Waals surface area contributed by atoms with Gasteiger partial charge in [-0.25, -0.2) is 0 Å². The molecule has 3 aromatic rings. The maximum absolute atomic E-state index is 13.9. The van der Waals surface area contributed by atoms with Crippen LogP contribution in [0.15, 0.2) is 65.4 Å². The predicted molar refractivity (Wildman–Crippen MR) is 168 cm³/mol. The van der Waals surface area contributed by atoms with Gasteiger partial charge in [0.2, 0.25) is 0 Å². The molecule has 0 spiro atoms. The van der Waals surface area contributed by atoms with Crippen molar-refractivity contribution in [2.75, 3.05) is 7.11 Å². The van der Waals surface area contributed by atoms with Crippen LogP contribution < -0.4 is 9.16 Å². The molecule has 3 aliphatic heterocycles. The number of ether oxygens (including phenoxy) is 1. The van der Waals surface area contributed by atoms with E-state index in [0.29, 0.717) is 22.6 Å². The van der Waals surface area contributed by atoms with Crippen LogP contribution in [0.3, 0.4) is 0 Å². The minimum absolute atomic E-state index is 0.0326. The molecule has 214 valence electrons. The molecule has 0 aliphatic carbocycles. The number of benzene rings is 2. The molecular weight excluding hydrogens is 524 g/mol. The second-order valence-corrected chi connectivity index (χ2v) is 15.1. The highest BCUT2D eigenvalue weighted by molar-refractivity contribution is 6.72. The van der Waals surface area contributed by atoms with Crippen LogP contribution in [0.5, 0.6) is 11.5 Å². The molecule has 1 fully saturated rings. The van der Waals surface area contributed by atoms with Crippen molar-refractivity contribution in [3.8, 4) is 11.5 Å². The highest BCUT2D eigenvalue weighted by atomic mass is 28.4. The number of rotatable bonds is 7. The average Bonchev–Trinajstić information content (AvgIpc) is 3.38. The molecule has 5 nitrogen and oxygen atoms in total. The van der Waals surface area contributed by atoms with Gasteiger partial charge in [0.15, 0.2) is 5.78 Å². The van der Waals surface area contributed by atoms with E-state index in [1.807, 2.05) is 48.5 Å². The lowest BCUT2D eigenvalue weighted by atomic mass is 9.86. The number of ketones is 1. The van der Waals surface area contributed by atoms with Crippen LogP contribution in [0.2, 0.25) is 6.04 Å². The van der Waals surface area contributed by atoms with Crippen molar-refractivity contribution < 1.29 is 14.0 Å². The number of carbonyl (C=O) groups is 1. The summed E-state index contributed by atoms with van der Waals surface area (Å²) in [5, 5.41) is 0. The molecule has 0 unspecified atom stereocenters. The van der Waals surface area contributed by atoms with Crippen LogP contribution in [0.25, 0.3) is 5.57 Å². The van der Waals surface area contributed by atoms with E-state index < -0.39 is 8.64 Å². The monoisotopic (exact) mass is 566 g/mol. The van der Waals surface area contributed by atoms with Gasteiger partial charge in [-0.3, -0.25) is 4.79 Å². The summed E-state index contributed by atoms with van der Waals surface area (Å²) < 4.78 is 18.6. The molecule has 0 bridgehead atoms. The molecule has 41 heavy (non-hydrogen) atoms. The number of allylic oxidation sites excluding steroid dienone is 2. The lowest BCUT2D eigenvalue weighted by Gasteiger charge is -2.56. The van der Waals surface area contributed by atoms with Gasteiger partial charge in [-0.15, -0.1) is 0 Å². The van der Waals surface area contributed by atoms with Gasteiger partial charge in [-0.2, -0.15) is 0 Å². The largest absolute Gasteiger partial charge is 0.509 e. The molecule has 4 heterocycles. The minimum Gasteiger partial charge on any atom is -0.509 e. The summed E-state index contributed by atoms with van der Waals surface area (Å²) in [5.74, 6) is 1.27. The fourth-order valence-electron chi connectivity index (χ4n) is 8.37. The number of nitrogens with zero attached hydrogens (tertiary/aromatic N) is 2. The number of hydrogen-bond donors (Lipinski definition) is 0. The van der Waals surface area contributed by atoms with E-state index in [1.54, 1.807) is 7.11 Å². The Bertz CT molecular complexity index is 1630. The van der Waals surface area contributed by atoms with Gasteiger partial charge in [0, 0.05) is 34.8 Å².